The number of aromatic nitrogens is 1. The van der Waals surface area contributed by atoms with Gasteiger partial charge in [0.25, 0.3) is 0 Å². The minimum Gasteiger partial charge on any atom is -0.384 e. The Morgan fingerprint density at radius 3 is 2.88 bits per heavy atom. The van der Waals surface area contributed by atoms with Crippen LogP contribution >= 0.6 is 15.9 Å². The summed E-state index contributed by atoms with van der Waals surface area (Å²) in [4.78, 5) is 4.04. The first kappa shape index (κ1) is 13.5. The van der Waals surface area contributed by atoms with E-state index in [4.69, 9.17) is 5.73 Å². The van der Waals surface area contributed by atoms with E-state index in [1.807, 2.05) is 6.07 Å². The van der Waals surface area contributed by atoms with Crippen molar-refractivity contribution in [3.05, 3.63) is 22.9 Å². The molecule has 16 heavy (non-hydrogen) atoms. The van der Waals surface area contributed by atoms with E-state index in [1.54, 1.807) is 12.4 Å². The predicted molar refractivity (Wildman–Crippen MR) is 72.5 cm³/mol. The summed E-state index contributed by atoms with van der Waals surface area (Å²) in [7, 11) is 0. The van der Waals surface area contributed by atoms with Crippen LogP contribution in [0.5, 0.6) is 0 Å². The fourth-order valence-electron chi connectivity index (χ4n) is 1.52. The van der Waals surface area contributed by atoms with Crippen LogP contribution in [0.2, 0.25) is 0 Å². The molecule has 1 heterocycles. The van der Waals surface area contributed by atoms with Crippen LogP contribution in [0.4, 0.5) is 5.69 Å². The van der Waals surface area contributed by atoms with Gasteiger partial charge in [-0.05, 0) is 46.8 Å². The lowest BCUT2D eigenvalue weighted by molar-refractivity contribution is 0.350. The second-order valence-corrected chi connectivity index (χ2v) is 5.62. The fourth-order valence-corrected chi connectivity index (χ4v) is 1.91. The smallest absolute Gasteiger partial charge is 0.0590 e. The number of nitrogens with zero attached hydrogens (tertiary/aromatic N) is 1. The zero-order chi connectivity index (χ0) is 12.0. The molecule has 0 spiro atoms. The van der Waals surface area contributed by atoms with Gasteiger partial charge in [-0.15, -0.1) is 0 Å². The van der Waals surface area contributed by atoms with Crippen molar-refractivity contribution in [3.63, 3.8) is 0 Å². The third-order valence-corrected chi connectivity index (χ3v) is 3.22. The summed E-state index contributed by atoms with van der Waals surface area (Å²) in [6.07, 6.45) is 5.81. The van der Waals surface area contributed by atoms with Crippen molar-refractivity contribution in [2.24, 2.45) is 11.1 Å². The molecule has 0 aliphatic heterocycles. The standard InChI is InChI=1S/C12H20BrN3/c1-12(2,5-3-6-14)9-16-11-4-7-15-8-10(11)13/h4,7-8H,3,5-6,9,14H2,1-2H3,(H,15,16). The second-order valence-electron chi connectivity index (χ2n) is 4.77. The largest absolute Gasteiger partial charge is 0.384 e. The summed E-state index contributed by atoms with van der Waals surface area (Å²) in [5.41, 5.74) is 6.89. The molecule has 1 aromatic heterocycles. The van der Waals surface area contributed by atoms with Crippen LogP contribution in [-0.2, 0) is 0 Å². The fraction of sp³-hybridized carbons (Fsp3) is 0.583. The molecule has 0 saturated carbocycles. The van der Waals surface area contributed by atoms with Crippen molar-refractivity contribution in [2.45, 2.75) is 26.7 Å². The number of nitrogens with one attached hydrogen (secondary N) is 1. The molecule has 0 aliphatic rings. The molecule has 1 aromatic rings. The van der Waals surface area contributed by atoms with Gasteiger partial charge in [-0.1, -0.05) is 13.8 Å². The van der Waals surface area contributed by atoms with Gasteiger partial charge in [0.2, 0.25) is 0 Å². The van der Waals surface area contributed by atoms with Crippen LogP contribution in [0, 0.1) is 5.41 Å². The lowest BCUT2D eigenvalue weighted by Gasteiger charge is -2.25. The number of pyridine rings is 1. The van der Waals surface area contributed by atoms with E-state index in [9.17, 15) is 0 Å². The number of anilines is 1. The van der Waals surface area contributed by atoms with E-state index in [1.165, 1.54) is 0 Å². The molecule has 0 aliphatic carbocycles. The molecule has 90 valence electrons. The summed E-state index contributed by atoms with van der Waals surface area (Å²) in [6.45, 7) is 6.22. The molecule has 0 radical (unpaired) electrons. The summed E-state index contributed by atoms with van der Waals surface area (Å²) in [5, 5.41) is 3.43. The highest BCUT2D eigenvalue weighted by Crippen LogP contribution is 2.25. The van der Waals surface area contributed by atoms with Crippen molar-refractivity contribution in [2.75, 3.05) is 18.4 Å². The zero-order valence-electron chi connectivity index (χ0n) is 9.96. The zero-order valence-corrected chi connectivity index (χ0v) is 11.5. The van der Waals surface area contributed by atoms with Gasteiger partial charge in [-0.2, -0.15) is 0 Å². The molecule has 3 nitrogen and oxygen atoms in total. The van der Waals surface area contributed by atoms with Gasteiger partial charge >= 0.3 is 0 Å². The molecule has 0 aromatic carbocycles. The molecule has 0 fully saturated rings. The molecular weight excluding hydrogens is 266 g/mol. The maximum atomic E-state index is 5.53. The van der Waals surface area contributed by atoms with Crippen LogP contribution in [-0.4, -0.2) is 18.1 Å². The number of halogens is 1. The molecule has 0 unspecified atom stereocenters. The highest BCUT2D eigenvalue weighted by Gasteiger charge is 2.17. The van der Waals surface area contributed by atoms with Gasteiger partial charge in [0.15, 0.2) is 0 Å². The van der Waals surface area contributed by atoms with Gasteiger partial charge in [-0.25, -0.2) is 0 Å². The minimum absolute atomic E-state index is 0.266. The molecule has 0 atom stereocenters. The average Bonchev–Trinajstić information content (AvgIpc) is 2.26. The Labute approximate surface area is 106 Å². The van der Waals surface area contributed by atoms with Gasteiger partial charge < -0.3 is 11.1 Å². The summed E-state index contributed by atoms with van der Waals surface area (Å²) in [5.74, 6) is 0. The van der Waals surface area contributed by atoms with Gasteiger partial charge in [0, 0.05) is 18.9 Å². The lowest BCUT2D eigenvalue weighted by atomic mass is 9.87. The SMILES string of the molecule is CC(C)(CCCN)CNc1ccncc1Br. The average molecular weight is 286 g/mol. The van der Waals surface area contributed by atoms with E-state index in [2.05, 4.69) is 40.1 Å². The second kappa shape index (κ2) is 6.21. The van der Waals surface area contributed by atoms with Crippen LogP contribution in [0.15, 0.2) is 22.9 Å². The molecule has 0 bridgehead atoms. The van der Waals surface area contributed by atoms with Crippen molar-refractivity contribution >= 4 is 21.6 Å². The lowest BCUT2D eigenvalue weighted by Crippen LogP contribution is -2.24. The normalized spacial score (nSPS) is 11.5. The first-order valence-corrected chi connectivity index (χ1v) is 6.38. The predicted octanol–water partition coefficient (Wildman–Crippen LogP) is 3.02. The first-order valence-electron chi connectivity index (χ1n) is 5.58. The summed E-state index contributed by atoms with van der Waals surface area (Å²) < 4.78 is 1.00. The monoisotopic (exact) mass is 285 g/mol. The number of hydrogen-bond donors (Lipinski definition) is 2. The Kier molecular flexibility index (Phi) is 5.22. The third-order valence-electron chi connectivity index (χ3n) is 2.59. The van der Waals surface area contributed by atoms with Crippen LogP contribution in [0.1, 0.15) is 26.7 Å². The van der Waals surface area contributed by atoms with Crippen molar-refractivity contribution in [3.8, 4) is 0 Å². The third kappa shape index (κ3) is 4.49. The van der Waals surface area contributed by atoms with Gasteiger partial charge in [0.05, 0.1) is 10.2 Å². The van der Waals surface area contributed by atoms with Crippen molar-refractivity contribution < 1.29 is 0 Å². The van der Waals surface area contributed by atoms with E-state index in [-0.39, 0.29) is 5.41 Å². The maximum absolute atomic E-state index is 5.53. The van der Waals surface area contributed by atoms with E-state index in [0.29, 0.717) is 0 Å². The molecule has 1 rings (SSSR count). The van der Waals surface area contributed by atoms with Crippen LogP contribution < -0.4 is 11.1 Å². The van der Waals surface area contributed by atoms with Gasteiger partial charge in [-0.3, -0.25) is 4.98 Å². The van der Waals surface area contributed by atoms with Crippen molar-refractivity contribution in [1.29, 1.82) is 0 Å². The number of nitrogens with two attached hydrogens (primary N) is 1. The summed E-state index contributed by atoms with van der Waals surface area (Å²) in [6, 6.07) is 1.98. The van der Waals surface area contributed by atoms with Crippen LogP contribution in [0.3, 0.4) is 0 Å². The molecular formula is C12H20BrN3. The Morgan fingerprint density at radius 1 is 1.50 bits per heavy atom. The molecule has 4 heteroatoms. The topological polar surface area (TPSA) is 50.9 Å². The molecule has 0 amide bonds. The maximum Gasteiger partial charge on any atom is 0.0590 e. The summed E-state index contributed by atoms with van der Waals surface area (Å²) >= 11 is 3.47. The highest BCUT2D eigenvalue weighted by atomic mass is 79.9. The number of rotatable bonds is 6. The van der Waals surface area contributed by atoms with Crippen LogP contribution in [0.25, 0.3) is 0 Å². The minimum atomic E-state index is 0.266. The Bertz CT molecular complexity index is 326. The number of hydrogen-bond acceptors (Lipinski definition) is 3. The molecule has 3 N–H and O–H groups in total. The Balaban J connectivity index is 2.47. The quantitative estimate of drug-likeness (QED) is 0.845. The van der Waals surface area contributed by atoms with E-state index in [0.717, 1.165) is 36.1 Å². The van der Waals surface area contributed by atoms with Crippen molar-refractivity contribution in [1.82, 2.24) is 4.98 Å². The molecule has 0 saturated heterocycles. The highest BCUT2D eigenvalue weighted by molar-refractivity contribution is 9.10. The first-order chi connectivity index (χ1) is 7.55. The Hall–Kier alpha value is -0.610. The Morgan fingerprint density at radius 2 is 2.25 bits per heavy atom. The van der Waals surface area contributed by atoms with E-state index >= 15 is 0 Å². The van der Waals surface area contributed by atoms with E-state index < -0.39 is 0 Å². The van der Waals surface area contributed by atoms with Gasteiger partial charge in [0.1, 0.15) is 0 Å².